The maximum absolute atomic E-state index is 4.27. The summed E-state index contributed by atoms with van der Waals surface area (Å²) in [6.07, 6.45) is 4.28. The van der Waals surface area contributed by atoms with Gasteiger partial charge in [0, 0.05) is 30.7 Å². The first-order valence-corrected chi connectivity index (χ1v) is 4.60. The zero-order valence-electron chi connectivity index (χ0n) is 7.45. The molecule has 0 bridgehead atoms. The first-order valence-electron chi connectivity index (χ1n) is 4.60. The number of anilines is 1. The number of aromatic nitrogens is 1. The molecular formula is C10H14N2. The molecule has 0 radical (unpaired) electrons. The molecule has 0 aliphatic carbocycles. The van der Waals surface area contributed by atoms with Crippen LogP contribution >= 0.6 is 0 Å². The van der Waals surface area contributed by atoms with Crippen molar-refractivity contribution < 1.29 is 0 Å². The molecule has 1 aliphatic rings. The van der Waals surface area contributed by atoms with E-state index in [2.05, 4.69) is 28.9 Å². The molecule has 1 aromatic rings. The van der Waals surface area contributed by atoms with Crippen LogP contribution in [0, 0.1) is 0 Å². The summed E-state index contributed by atoms with van der Waals surface area (Å²) < 4.78 is 0. The summed E-state index contributed by atoms with van der Waals surface area (Å²) in [7, 11) is 0. The smallest absolute Gasteiger partial charge is 0.0421 e. The van der Waals surface area contributed by atoms with Gasteiger partial charge in [0.2, 0.25) is 0 Å². The zero-order chi connectivity index (χ0) is 8.39. The molecule has 1 saturated heterocycles. The van der Waals surface area contributed by atoms with Crippen molar-refractivity contribution in [1.82, 2.24) is 4.98 Å². The molecule has 0 N–H and O–H groups in total. The molecule has 12 heavy (non-hydrogen) atoms. The van der Waals surface area contributed by atoms with Gasteiger partial charge in [-0.1, -0.05) is 6.92 Å². The highest BCUT2D eigenvalue weighted by atomic mass is 15.2. The lowest BCUT2D eigenvalue weighted by Gasteiger charge is -2.33. The van der Waals surface area contributed by atoms with E-state index in [1.54, 1.807) is 0 Å². The first kappa shape index (κ1) is 7.59. The number of pyridine rings is 1. The lowest BCUT2D eigenvalue weighted by Crippen LogP contribution is -2.36. The van der Waals surface area contributed by atoms with E-state index in [0.717, 1.165) is 6.42 Å². The molecule has 64 valence electrons. The predicted molar refractivity (Wildman–Crippen MR) is 50.4 cm³/mol. The van der Waals surface area contributed by atoms with Crippen LogP contribution in [0.25, 0.3) is 0 Å². The van der Waals surface area contributed by atoms with Gasteiger partial charge in [-0.3, -0.25) is 4.98 Å². The van der Waals surface area contributed by atoms with Gasteiger partial charge in [0.1, 0.15) is 0 Å². The summed E-state index contributed by atoms with van der Waals surface area (Å²) in [4.78, 5) is 6.66. The van der Waals surface area contributed by atoms with Crippen LogP contribution in [-0.2, 0) is 6.42 Å². The zero-order valence-corrected chi connectivity index (χ0v) is 7.45. The largest absolute Gasteiger partial charge is 0.371 e. The van der Waals surface area contributed by atoms with E-state index < -0.39 is 0 Å². The van der Waals surface area contributed by atoms with E-state index in [-0.39, 0.29) is 0 Å². The van der Waals surface area contributed by atoms with Crippen LogP contribution in [0.4, 0.5) is 5.69 Å². The van der Waals surface area contributed by atoms with Crippen LogP contribution in [0.5, 0.6) is 0 Å². The van der Waals surface area contributed by atoms with Gasteiger partial charge >= 0.3 is 0 Å². The molecule has 1 aliphatic heterocycles. The molecule has 2 heterocycles. The molecule has 1 fully saturated rings. The van der Waals surface area contributed by atoms with Crippen molar-refractivity contribution in [3.63, 3.8) is 0 Å². The fourth-order valence-corrected chi connectivity index (χ4v) is 1.43. The molecule has 0 atom stereocenters. The normalized spacial score (nSPS) is 15.9. The Kier molecular flexibility index (Phi) is 1.98. The van der Waals surface area contributed by atoms with Crippen molar-refractivity contribution in [3.05, 3.63) is 24.0 Å². The Morgan fingerprint density at radius 2 is 2.33 bits per heavy atom. The predicted octanol–water partition coefficient (Wildman–Crippen LogP) is 1.85. The highest BCUT2D eigenvalue weighted by molar-refractivity contribution is 5.48. The van der Waals surface area contributed by atoms with Gasteiger partial charge < -0.3 is 4.90 Å². The Labute approximate surface area is 73.2 Å². The quantitative estimate of drug-likeness (QED) is 0.659. The molecule has 2 nitrogen and oxygen atoms in total. The second-order valence-corrected chi connectivity index (χ2v) is 3.20. The monoisotopic (exact) mass is 162 g/mol. The maximum Gasteiger partial charge on any atom is 0.0421 e. The van der Waals surface area contributed by atoms with E-state index in [9.17, 15) is 0 Å². The van der Waals surface area contributed by atoms with Crippen molar-refractivity contribution in [2.24, 2.45) is 0 Å². The van der Waals surface area contributed by atoms with Crippen LogP contribution in [0.3, 0.4) is 0 Å². The Balaban J connectivity index is 2.19. The minimum atomic E-state index is 1.03. The SMILES string of the molecule is CCc1cc(N2CCC2)ccn1. The highest BCUT2D eigenvalue weighted by Crippen LogP contribution is 2.20. The summed E-state index contributed by atoms with van der Waals surface area (Å²) in [5, 5.41) is 0. The summed E-state index contributed by atoms with van der Waals surface area (Å²) in [5.41, 5.74) is 2.53. The van der Waals surface area contributed by atoms with E-state index in [1.165, 1.54) is 30.9 Å². The summed E-state index contributed by atoms with van der Waals surface area (Å²) in [6.45, 7) is 4.57. The van der Waals surface area contributed by atoms with Gasteiger partial charge in [0.05, 0.1) is 0 Å². The minimum absolute atomic E-state index is 1.03. The molecule has 2 rings (SSSR count). The van der Waals surface area contributed by atoms with E-state index in [1.807, 2.05) is 6.20 Å². The van der Waals surface area contributed by atoms with E-state index in [0.29, 0.717) is 0 Å². The lowest BCUT2D eigenvalue weighted by atomic mass is 10.1. The topological polar surface area (TPSA) is 16.1 Å². The molecule has 0 unspecified atom stereocenters. The Hall–Kier alpha value is -1.05. The summed E-state index contributed by atoms with van der Waals surface area (Å²) >= 11 is 0. The minimum Gasteiger partial charge on any atom is -0.371 e. The van der Waals surface area contributed by atoms with Crippen LogP contribution in [0.1, 0.15) is 19.0 Å². The average Bonchev–Trinajstić information content (AvgIpc) is 2.02. The standard InChI is InChI=1S/C10H14N2/c1-2-9-8-10(4-5-11-9)12-6-3-7-12/h4-5,8H,2-3,6-7H2,1H3. The van der Waals surface area contributed by atoms with Crippen LogP contribution in [0.2, 0.25) is 0 Å². The molecule has 0 saturated carbocycles. The Morgan fingerprint density at radius 1 is 1.50 bits per heavy atom. The first-order chi connectivity index (χ1) is 5.90. The number of hydrogen-bond donors (Lipinski definition) is 0. The number of hydrogen-bond acceptors (Lipinski definition) is 2. The third-order valence-corrected chi connectivity index (χ3v) is 2.38. The second kappa shape index (κ2) is 3.13. The maximum atomic E-state index is 4.27. The Morgan fingerprint density at radius 3 is 2.92 bits per heavy atom. The van der Waals surface area contributed by atoms with Gasteiger partial charge in [-0.15, -0.1) is 0 Å². The van der Waals surface area contributed by atoms with Crippen molar-refractivity contribution in [3.8, 4) is 0 Å². The Bertz CT molecular complexity index is 266. The van der Waals surface area contributed by atoms with Crippen LogP contribution in [0.15, 0.2) is 18.3 Å². The summed E-state index contributed by atoms with van der Waals surface area (Å²) in [6, 6.07) is 4.29. The third-order valence-electron chi connectivity index (χ3n) is 2.38. The number of rotatable bonds is 2. The van der Waals surface area contributed by atoms with Crippen LogP contribution < -0.4 is 4.90 Å². The van der Waals surface area contributed by atoms with Crippen molar-refractivity contribution in [1.29, 1.82) is 0 Å². The molecular weight excluding hydrogens is 148 g/mol. The molecule has 1 aromatic heterocycles. The van der Waals surface area contributed by atoms with Gasteiger partial charge in [-0.05, 0) is 25.0 Å². The fourth-order valence-electron chi connectivity index (χ4n) is 1.43. The van der Waals surface area contributed by atoms with Crippen molar-refractivity contribution in [2.75, 3.05) is 18.0 Å². The molecule has 2 heteroatoms. The van der Waals surface area contributed by atoms with Gasteiger partial charge in [-0.2, -0.15) is 0 Å². The molecule has 0 spiro atoms. The third kappa shape index (κ3) is 1.29. The lowest BCUT2D eigenvalue weighted by molar-refractivity contribution is 0.617. The van der Waals surface area contributed by atoms with Gasteiger partial charge in [0.15, 0.2) is 0 Å². The molecule has 0 amide bonds. The average molecular weight is 162 g/mol. The number of aryl methyl sites for hydroxylation is 1. The van der Waals surface area contributed by atoms with E-state index >= 15 is 0 Å². The molecule has 0 aromatic carbocycles. The second-order valence-electron chi connectivity index (χ2n) is 3.20. The number of nitrogens with zero attached hydrogens (tertiary/aromatic N) is 2. The fraction of sp³-hybridized carbons (Fsp3) is 0.500. The van der Waals surface area contributed by atoms with Crippen molar-refractivity contribution >= 4 is 5.69 Å². The van der Waals surface area contributed by atoms with Gasteiger partial charge in [-0.25, -0.2) is 0 Å². The summed E-state index contributed by atoms with van der Waals surface area (Å²) in [5.74, 6) is 0. The van der Waals surface area contributed by atoms with Crippen molar-refractivity contribution in [2.45, 2.75) is 19.8 Å². The van der Waals surface area contributed by atoms with Gasteiger partial charge in [0.25, 0.3) is 0 Å². The highest BCUT2D eigenvalue weighted by Gasteiger charge is 2.13. The van der Waals surface area contributed by atoms with E-state index in [4.69, 9.17) is 0 Å². The van der Waals surface area contributed by atoms with Crippen LogP contribution in [-0.4, -0.2) is 18.1 Å².